The summed E-state index contributed by atoms with van der Waals surface area (Å²) in [5, 5.41) is 3.24. The molecular weight excluding hydrogens is 486 g/mol. The number of benzene rings is 1. The van der Waals surface area contributed by atoms with Crippen LogP contribution in [0.1, 0.15) is 18.4 Å². The predicted molar refractivity (Wildman–Crippen MR) is 121 cm³/mol. The molecule has 3 heterocycles. The van der Waals surface area contributed by atoms with Crippen LogP contribution in [-0.2, 0) is 14.3 Å². The third-order valence-electron chi connectivity index (χ3n) is 5.19. The number of amides is 3. The Morgan fingerprint density at radius 1 is 1.19 bits per heavy atom. The van der Waals surface area contributed by atoms with Gasteiger partial charge in [-0.15, -0.1) is 0 Å². The largest absolute Gasteiger partial charge is 0.413 e. The number of nitrogens with one attached hydrogen (secondary N) is 1. The molecule has 1 aromatic heterocycles. The third-order valence-corrected chi connectivity index (χ3v) is 6.69. The molecular formula is C21H22BrN3O5S. The van der Waals surface area contributed by atoms with E-state index < -0.39 is 6.09 Å². The highest BCUT2D eigenvalue weighted by molar-refractivity contribution is 9.11. The number of nitrogens with zero attached hydrogens (tertiary/aromatic N) is 2. The molecule has 1 N–H and O–H groups in total. The van der Waals surface area contributed by atoms with Crippen LogP contribution in [0.25, 0.3) is 0 Å². The van der Waals surface area contributed by atoms with Crippen molar-refractivity contribution >= 4 is 56.5 Å². The van der Waals surface area contributed by atoms with Crippen molar-refractivity contribution in [3.05, 3.63) is 39.7 Å². The van der Waals surface area contributed by atoms with E-state index in [0.717, 1.165) is 20.7 Å². The molecule has 2 aromatic rings. The van der Waals surface area contributed by atoms with E-state index in [4.69, 9.17) is 9.47 Å². The Morgan fingerprint density at radius 2 is 2.03 bits per heavy atom. The zero-order valence-corrected chi connectivity index (χ0v) is 19.3. The lowest BCUT2D eigenvalue weighted by Gasteiger charge is -2.24. The number of halogens is 1. The lowest BCUT2D eigenvalue weighted by molar-refractivity contribution is -0.119. The van der Waals surface area contributed by atoms with Gasteiger partial charge in [-0.25, -0.2) is 4.79 Å². The first-order valence-corrected chi connectivity index (χ1v) is 11.5. The van der Waals surface area contributed by atoms with Crippen LogP contribution >= 0.6 is 27.3 Å². The molecule has 0 bridgehead atoms. The summed E-state index contributed by atoms with van der Waals surface area (Å²) < 4.78 is 11.5. The van der Waals surface area contributed by atoms with Gasteiger partial charge in [0.05, 0.1) is 29.5 Å². The Balaban J connectivity index is 1.41. The molecule has 1 aromatic carbocycles. The minimum atomic E-state index is -0.581. The number of carbonyl (C=O) groups is 3. The van der Waals surface area contributed by atoms with E-state index in [0.29, 0.717) is 37.8 Å². The smallest absolute Gasteiger partial charge is 0.399 e. The SMILES string of the molecule is Cc1cc(N2CC(NC(=O)Oc3ccc(Br)s3)CC2=O)ccc1N1CCOCCC1=O. The molecule has 164 valence electrons. The predicted octanol–water partition coefficient (Wildman–Crippen LogP) is 3.47. The number of rotatable bonds is 4. The molecule has 1 unspecified atom stereocenters. The van der Waals surface area contributed by atoms with Gasteiger partial charge in [-0.3, -0.25) is 9.59 Å². The molecule has 2 saturated heterocycles. The highest BCUT2D eigenvalue weighted by Crippen LogP contribution is 2.30. The topological polar surface area (TPSA) is 88.2 Å². The van der Waals surface area contributed by atoms with E-state index in [2.05, 4.69) is 21.2 Å². The van der Waals surface area contributed by atoms with Gasteiger partial charge in [0, 0.05) is 30.9 Å². The van der Waals surface area contributed by atoms with Crippen LogP contribution < -0.4 is 19.9 Å². The fourth-order valence-electron chi connectivity index (χ4n) is 3.74. The first-order chi connectivity index (χ1) is 14.9. The molecule has 2 fully saturated rings. The number of carbonyl (C=O) groups excluding carboxylic acids is 3. The molecule has 10 heteroatoms. The number of ether oxygens (including phenoxy) is 2. The Morgan fingerprint density at radius 3 is 2.77 bits per heavy atom. The third kappa shape index (κ3) is 5.08. The van der Waals surface area contributed by atoms with Crippen molar-refractivity contribution in [2.45, 2.75) is 25.8 Å². The molecule has 8 nitrogen and oxygen atoms in total. The van der Waals surface area contributed by atoms with Crippen molar-refractivity contribution < 1.29 is 23.9 Å². The first-order valence-electron chi connectivity index (χ1n) is 9.93. The number of thiophene rings is 1. The van der Waals surface area contributed by atoms with Crippen LogP contribution in [0.4, 0.5) is 16.2 Å². The fraction of sp³-hybridized carbons (Fsp3) is 0.381. The zero-order valence-electron chi connectivity index (χ0n) is 16.9. The molecule has 0 saturated carbocycles. The number of anilines is 2. The van der Waals surface area contributed by atoms with Crippen LogP contribution in [0, 0.1) is 6.92 Å². The highest BCUT2D eigenvalue weighted by atomic mass is 79.9. The minimum absolute atomic E-state index is 0.0335. The maximum Gasteiger partial charge on any atom is 0.413 e. The van der Waals surface area contributed by atoms with Crippen molar-refractivity contribution in [1.29, 1.82) is 0 Å². The maximum atomic E-state index is 12.6. The summed E-state index contributed by atoms with van der Waals surface area (Å²) in [4.78, 5) is 40.5. The maximum absolute atomic E-state index is 12.6. The van der Waals surface area contributed by atoms with Crippen molar-refractivity contribution in [3.8, 4) is 5.06 Å². The van der Waals surface area contributed by atoms with Gasteiger partial charge in [0.25, 0.3) is 0 Å². The van der Waals surface area contributed by atoms with Gasteiger partial charge in [-0.05, 0) is 58.7 Å². The normalized spacial score (nSPS) is 19.5. The van der Waals surface area contributed by atoms with E-state index in [1.54, 1.807) is 21.9 Å². The van der Waals surface area contributed by atoms with Crippen molar-refractivity contribution in [3.63, 3.8) is 0 Å². The van der Waals surface area contributed by atoms with Gasteiger partial charge in [0.15, 0.2) is 5.06 Å². The second kappa shape index (κ2) is 9.37. The Kier molecular flexibility index (Phi) is 6.59. The standard InChI is InChI=1S/C21H22BrN3O5S/c1-13-10-15(2-3-16(13)24-7-9-29-8-6-18(24)26)25-12-14(11-19(25)27)23-21(28)30-20-5-4-17(22)31-20/h2-5,10,14H,6-9,11-12H2,1H3,(H,23,28). The molecule has 1 atom stereocenters. The molecule has 4 rings (SSSR count). The highest BCUT2D eigenvalue weighted by Gasteiger charge is 2.32. The number of hydrogen-bond acceptors (Lipinski definition) is 6. The molecule has 2 aliphatic rings. The lowest BCUT2D eigenvalue weighted by Crippen LogP contribution is -2.38. The summed E-state index contributed by atoms with van der Waals surface area (Å²) >= 11 is 4.63. The molecule has 0 aliphatic carbocycles. The quantitative estimate of drug-likeness (QED) is 0.684. The molecule has 0 spiro atoms. The van der Waals surface area contributed by atoms with Gasteiger partial charge in [0.2, 0.25) is 11.8 Å². The van der Waals surface area contributed by atoms with Crippen LogP contribution in [0.3, 0.4) is 0 Å². The first kappa shape index (κ1) is 21.8. The summed E-state index contributed by atoms with van der Waals surface area (Å²) in [7, 11) is 0. The molecule has 0 radical (unpaired) electrons. The van der Waals surface area contributed by atoms with Crippen LogP contribution in [0.15, 0.2) is 34.1 Å². The lowest BCUT2D eigenvalue weighted by atomic mass is 10.1. The fourth-order valence-corrected chi connectivity index (χ4v) is 4.93. The van der Waals surface area contributed by atoms with E-state index in [9.17, 15) is 14.4 Å². The van der Waals surface area contributed by atoms with Crippen molar-refractivity contribution in [2.75, 3.05) is 36.1 Å². The van der Waals surface area contributed by atoms with Crippen LogP contribution in [-0.4, -0.2) is 50.3 Å². The molecule has 3 amide bonds. The Labute approximate surface area is 192 Å². The number of aryl methyl sites for hydroxylation is 1. The Bertz CT molecular complexity index is 1010. The van der Waals surface area contributed by atoms with E-state index in [1.807, 2.05) is 25.1 Å². The molecule has 31 heavy (non-hydrogen) atoms. The second-order valence-electron chi connectivity index (χ2n) is 7.38. The minimum Gasteiger partial charge on any atom is -0.399 e. The Hall–Kier alpha value is -2.43. The second-order valence-corrected chi connectivity index (χ2v) is 9.80. The summed E-state index contributed by atoms with van der Waals surface area (Å²) in [5.74, 6) is -0.0401. The van der Waals surface area contributed by atoms with Gasteiger partial charge in [-0.2, -0.15) is 0 Å². The van der Waals surface area contributed by atoms with Crippen LogP contribution in [0.2, 0.25) is 0 Å². The van der Waals surface area contributed by atoms with E-state index in [1.165, 1.54) is 11.3 Å². The summed E-state index contributed by atoms with van der Waals surface area (Å²) in [6.07, 6.45) is -0.0219. The summed E-state index contributed by atoms with van der Waals surface area (Å²) in [6.45, 7) is 3.73. The monoisotopic (exact) mass is 507 g/mol. The van der Waals surface area contributed by atoms with Gasteiger partial charge >= 0.3 is 6.09 Å². The van der Waals surface area contributed by atoms with Gasteiger partial charge in [0.1, 0.15) is 0 Å². The average molecular weight is 508 g/mol. The van der Waals surface area contributed by atoms with E-state index >= 15 is 0 Å². The van der Waals surface area contributed by atoms with Crippen LogP contribution in [0.5, 0.6) is 5.06 Å². The van der Waals surface area contributed by atoms with Gasteiger partial charge < -0.3 is 24.6 Å². The zero-order chi connectivity index (χ0) is 22.0. The summed E-state index contributed by atoms with van der Waals surface area (Å²) in [6, 6.07) is 8.76. The van der Waals surface area contributed by atoms with Crippen molar-refractivity contribution in [1.82, 2.24) is 5.32 Å². The van der Waals surface area contributed by atoms with Crippen molar-refractivity contribution in [2.24, 2.45) is 0 Å². The number of hydrogen-bond donors (Lipinski definition) is 1. The van der Waals surface area contributed by atoms with E-state index in [-0.39, 0.29) is 24.3 Å². The average Bonchev–Trinajstić information content (AvgIpc) is 3.21. The summed E-state index contributed by atoms with van der Waals surface area (Å²) in [5.41, 5.74) is 2.47. The molecule has 2 aliphatic heterocycles. The van der Waals surface area contributed by atoms with Gasteiger partial charge in [-0.1, -0.05) is 11.3 Å².